The molecule has 30 heavy (non-hydrogen) atoms. The van der Waals surface area contributed by atoms with E-state index in [1.165, 1.54) is 19.2 Å². The fourth-order valence-corrected chi connectivity index (χ4v) is 5.23. The lowest BCUT2D eigenvalue weighted by Gasteiger charge is -2.33. The van der Waals surface area contributed by atoms with Crippen molar-refractivity contribution in [3.05, 3.63) is 59.1 Å². The van der Waals surface area contributed by atoms with Gasteiger partial charge in [-0.2, -0.15) is 0 Å². The van der Waals surface area contributed by atoms with Crippen LogP contribution < -0.4 is 4.31 Å². The molecule has 0 radical (unpaired) electrons. The summed E-state index contributed by atoms with van der Waals surface area (Å²) < 4.78 is 33.3. The molecule has 3 rings (SSSR count). The number of methoxy groups -OCH3 is 1. The third kappa shape index (κ3) is 5.02. The summed E-state index contributed by atoms with van der Waals surface area (Å²) in [4.78, 5) is 26.4. The number of carbonyl (C=O) groups is 2. The number of halogens is 1. The van der Waals surface area contributed by atoms with Gasteiger partial charge in [-0.1, -0.05) is 40.2 Å². The Balaban J connectivity index is 1.83. The third-order valence-electron chi connectivity index (χ3n) is 5.09. The van der Waals surface area contributed by atoms with Gasteiger partial charge in [0.05, 0.1) is 23.6 Å². The van der Waals surface area contributed by atoms with Crippen LogP contribution in [0.15, 0.2) is 64.0 Å². The van der Waals surface area contributed by atoms with Gasteiger partial charge in [0.25, 0.3) is 10.0 Å². The smallest absolute Gasteiger partial charge is 0.308 e. The van der Waals surface area contributed by atoms with Gasteiger partial charge in [0, 0.05) is 17.6 Å². The normalized spacial score (nSPS) is 14.9. The van der Waals surface area contributed by atoms with Crippen LogP contribution >= 0.6 is 15.9 Å². The van der Waals surface area contributed by atoms with Crippen molar-refractivity contribution in [3.63, 3.8) is 0 Å². The molecular weight excluding hydrogens is 472 g/mol. The molecule has 0 saturated carbocycles. The minimum absolute atomic E-state index is 0.113. The van der Waals surface area contributed by atoms with Gasteiger partial charge in [-0.15, -0.1) is 0 Å². The Morgan fingerprint density at radius 2 is 1.77 bits per heavy atom. The number of rotatable bonds is 6. The van der Waals surface area contributed by atoms with Crippen LogP contribution in [0, 0.1) is 5.92 Å². The van der Waals surface area contributed by atoms with Crippen LogP contribution in [-0.4, -0.2) is 51.9 Å². The molecule has 0 bridgehead atoms. The fourth-order valence-electron chi connectivity index (χ4n) is 3.42. The van der Waals surface area contributed by atoms with Gasteiger partial charge < -0.3 is 9.64 Å². The molecule has 1 amide bonds. The lowest BCUT2D eigenvalue weighted by molar-refractivity contribution is -0.148. The highest BCUT2D eigenvalue weighted by atomic mass is 79.9. The summed E-state index contributed by atoms with van der Waals surface area (Å²) in [6, 6.07) is 14.9. The van der Waals surface area contributed by atoms with E-state index in [4.69, 9.17) is 4.74 Å². The largest absolute Gasteiger partial charge is 0.469 e. The van der Waals surface area contributed by atoms with Crippen molar-refractivity contribution in [3.8, 4) is 0 Å². The topological polar surface area (TPSA) is 84.0 Å². The predicted octanol–water partition coefficient (Wildman–Crippen LogP) is 3.06. The number of piperidine rings is 1. The molecule has 0 atom stereocenters. The summed E-state index contributed by atoms with van der Waals surface area (Å²) in [5.41, 5.74) is 0.394. The molecule has 0 spiro atoms. The Morgan fingerprint density at radius 1 is 1.10 bits per heavy atom. The number of benzene rings is 2. The molecule has 1 aliphatic rings. The summed E-state index contributed by atoms with van der Waals surface area (Å²) in [5, 5.41) is 0. The van der Waals surface area contributed by atoms with Crippen LogP contribution in [-0.2, 0) is 24.3 Å². The van der Waals surface area contributed by atoms with Crippen molar-refractivity contribution in [1.29, 1.82) is 0 Å². The zero-order valence-electron chi connectivity index (χ0n) is 16.5. The summed E-state index contributed by atoms with van der Waals surface area (Å²) in [6.07, 6.45) is 1.00. The average molecular weight is 495 g/mol. The number of carbonyl (C=O) groups excluding carboxylic acids is 2. The predicted molar refractivity (Wildman–Crippen MR) is 116 cm³/mol. The van der Waals surface area contributed by atoms with Crippen LogP contribution in [0.25, 0.3) is 0 Å². The number of hydrogen-bond acceptors (Lipinski definition) is 5. The molecule has 7 nitrogen and oxygen atoms in total. The second-order valence-electron chi connectivity index (χ2n) is 6.98. The average Bonchev–Trinajstić information content (AvgIpc) is 2.77. The van der Waals surface area contributed by atoms with Crippen LogP contribution in [0.1, 0.15) is 12.8 Å². The first-order chi connectivity index (χ1) is 14.3. The van der Waals surface area contributed by atoms with E-state index in [2.05, 4.69) is 15.9 Å². The van der Waals surface area contributed by atoms with E-state index < -0.39 is 10.0 Å². The SMILES string of the molecule is COC(=O)C1CCN(C(=O)CN(c2cccc(Br)c2)S(=O)(=O)c2ccccc2)CC1. The zero-order chi connectivity index (χ0) is 21.7. The molecule has 0 aromatic heterocycles. The third-order valence-corrected chi connectivity index (χ3v) is 7.37. The number of amides is 1. The molecule has 1 aliphatic heterocycles. The Hall–Kier alpha value is -2.39. The van der Waals surface area contributed by atoms with Gasteiger partial charge in [-0.25, -0.2) is 8.42 Å². The quantitative estimate of drug-likeness (QED) is 0.576. The minimum Gasteiger partial charge on any atom is -0.469 e. The van der Waals surface area contributed by atoms with Gasteiger partial charge in [-0.3, -0.25) is 13.9 Å². The molecule has 1 heterocycles. The van der Waals surface area contributed by atoms with E-state index in [-0.39, 0.29) is 29.2 Å². The number of hydrogen-bond donors (Lipinski definition) is 0. The first-order valence-corrected chi connectivity index (χ1v) is 11.7. The Kier molecular flexibility index (Phi) is 7.14. The first-order valence-electron chi connectivity index (χ1n) is 9.52. The molecule has 0 N–H and O–H groups in total. The number of ether oxygens (including phenoxy) is 1. The van der Waals surface area contributed by atoms with E-state index in [0.29, 0.717) is 36.1 Å². The second-order valence-corrected chi connectivity index (χ2v) is 9.76. The van der Waals surface area contributed by atoms with Crippen molar-refractivity contribution < 1.29 is 22.7 Å². The Labute approximate surface area is 184 Å². The van der Waals surface area contributed by atoms with E-state index in [0.717, 1.165) is 4.31 Å². The standard InChI is InChI=1S/C21H23BrN2O5S/c1-29-21(26)16-10-12-23(13-11-16)20(25)15-24(18-7-5-6-17(22)14-18)30(27,28)19-8-3-2-4-9-19/h2-9,14,16H,10-13,15H2,1H3. The van der Waals surface area contributed by atoms with E-state index in [1.54, 1.807) is 47.4 Å². The number of anilines is 1. The second kappa shape index (κ2) is 9.61. The lowest BCUT2D eigenvalue weighted by atomic mass is 9.97. The summed E-state index contributed by atoms with van der Waals surface area (Å²) in [5.74, 6) is -0.810. The molecule has 1 fully saturated rings. The van der Waals surface area contributed by atoms with Crippen molar-refractivity contribution in [1.82, 2.24) is 4.90 Å². The molecular formula is C21H23BrN2O5S. The van der Waals surface area contributed by atoms with Crippen molar-refractivity contribution in [2.45, 2.75) is 17.7 Å². The van der Waals surface area contributed by atoms with Crippen LogP contribution in [0.3, 0.4) is 0 Å². The van der Waals surface area contributed by atoms with Gasteiger partial charge >= 0.3 is 5.97 Å². The molecule has 160 valence electrons. The fraction of sp³-hybridized carbons (Fsp3) is 0.333. The summed E-state index contributed by atoms with van der Waals surface area (Å²) in [6.45, 7) is 0.448. The Morgan fingerprint density at radius 3 is 2.37 bits per heavy atom. The van der Waals surface area contributed by atoms with Gasteiger partial charge in [-0.05, 0) is 43.2 Å². The van der Waals surface area contributed by atoms with E-state index in [1.807, 2.05) is 0 Å². The highest BCUT2D eigenvalue weighted by Gasteiger charge is 2.32. The monoisotopic (exact) mass is 494 g/mol. The molecule has 2 aromatic rings. The summed E-state index contributed by atoms with van der Waals surface area (Å²) in [7, 11) is -2.59. The zero-order valence-corrected chi connectivity index (χ0v) is 18.9. The van der Waals surface area contributed by atoms with E-state index >= 15 is 0 Å². The van der Waals surface area contributed by atoms with Crippen LogP contribution in [0.2, 0.25) is 0 Å². The molecule has 0 aliphatic carbocycles. The molecule has 2 aromatic carbocycles. The van der Waals surface area contributed by atoms with Crippen molar-refractivity contribution >= 4 is 43.5 Å². The Bertz CT molecular complexity index is 1010. The lowest BCUT2D eigenvalue weighted by Crippen LogP contribution is -2.46. The number of nitrogens with zero attached hydrogens (tertiary/aromatic N) is 2. The maximum Gasteiger partial charge on any atom is 0.308 e. The maximum atomic E-state index is 13.3. The van der Waals surface area contributed by atoms with Crippen LogP contribution in [0.4, 0.5) is 5.69 Å². The summed E-state index contributed by atoms with van der Waals surface area (Å²) >= 11 is 3.36. The van der Waals surface area contributed by atoms with Gasteiger partial charge in [0.15, 0.2) is 0 Å². The molecule has 9 heteroatoms. The highest BCUT2D eigenvalue weighted by Crippen LogP contribution is 2.27. The van der Waals surface area contributed by atoms with Gasteiger partial charge in [0.2, 0.25) is 5.91 Å². The number of esters is 1. The molecule has 1 saturated heterocycles. The molecule has 0 unspecified atom stereocenters. The number of sulfonamides is 1. The minimum atomic E-state index is -3.94. The van der Waals surface area contributed by atoms with Crippen LogP contribution in [0.5, 0.6) is 0 Å². The maximum absolute atomic E-state index is 13.3. The number of likely N-dealkylation sites (tertiary alicyclic amines) is 1. The van der Waals surface area contributed by atoms with E-state index in [9.17, 15) is 18.0 Å². The van der Waals surface area contributed by atoms with Crippen molar-refractivity contribution in [2.75, 3.05) is 31.0 Å². The van der Waals surface area contributed by atoms with Crippen molar-refractivity contribution in [2.24, 2.45) is 5.92 Å². The first kappa shape index (κ1) is 22.3. The highest BCUT2D eigenvalue weighted by molar-refractivity contribution is 9.10. The van der Waals surface area contributed by atoms with Gasteiger partial charge in [0.1, 0.15) is 6.54 Å².